The number of nitrogens with one attached hydrogen (secondary N) is 2. The number of benzene rings is 1. The van der Waals surface area contributed by atoms with Crippen LogP contribution in [0.3, 0.4) is 0 Å². The van der Waals surface area contributed by atoms with E-state index in [0.717, 1.165) is 5.56 Å². The molecule has 0 aromatic heterocycles. The maximum absolute atomic E-state index is 12.0. The van der Waals surface area contributed by atoms with Crippen LogP contribution in [-0.2, 0) is 25.7 Å². The van der Waals surface area contributed by atoms with Crippen LogP contribution in [0.25, 0.3) is 0 Å². The van der Waals surface area contributed by atoms with E-state index in [9.17, 15) is 19.5 Å². The van der Waals surface area contributed by atoms with Crippen LogP contribution < -0.4 is 10.6 Å². The van der Waals surface area contributed by atoms with Crippen molar-refractivity contribution in [3.8, 4) is 0 Å². The number of carbonyl (C=O) groups excluding carboxylic acids is 3. The SMILES string of the molecule is CCOC(=O)CNC(=O)[C@H](NC(=O)OCc1ccccc1)[C@@H](C)O. The van der Waals surface area contributed by atoms with E-state index in [1.54, 1.807) is 31.2 Å². The lowest BCUT2D eigenvalue weighted by molar-refractivity contribution is -0.143. The molecule has 0 aliphatic carbocycles. The van der Waals surface area contributed by atoms with Crippen molar-refractivity contribution < 1.29 is 29.0 Å². The van der Waals surface area contributed by atoms with Gasteiger partial charge in [0.15, 0.2) is 0 Å². The summed E-state index contributed by atoms with van der Waals surface area (Å²) in [6, 6.07) is 7.76. The van der Waals surface area contributed by atoms with Gasteiger partial charge in [0.2, 0.25) is 5.91 Å². The molecule has 24 heavy (non-hydrogen) atoms. The van der Waals surface area contributed by atoms with E-state index in [1.807, 2.05) is 6.07 Å². The van der Waals surface area contributed by atoms with Gasteiger partial charge in [0.25, 0.3) is 0 Å². The summed E-state index contributed by atoms with van der Waals surface area (Å²) >= 11 is 0. The Morgan fingerprint density at radius 1 is 1.17 bits per heavy atom. The fraction of sp³-hybridized carbons (Fsp3) is 0.438. The smallest absolute Gasteiger partial charge is 0.408 e. The Balaban J connectivity index is 2.47. The van der Waals surface area contributed by atoms with Gasteiger partial charge in [0, 0.05) is 0 Å². The first-order valence-electron chi connectivity index (χ1n) is 7.52. The van der Waals surface area contributed by atoms with Crippen molar-refractivity contribution in [1.82, 2.24) is 10.6 Å². The van der Waals surface area contributed by atoms with Crippen molar-refractivity contribution in [3.63, 3.8) is 0 Å². The maximum Gasteiger partial charge on any atom is 0.408 e. The second-order valence-corrected chi connectivity index (χ2v) is 4.95. The third-order valence-electron chi connectivity index (χ3n) is 2.96. The summed E-state index contributed by atoms with van der Waals surface area (Å²) in [6.45, 7) is 2.85. The van der Waals surface area contributed by atoms with E-state index in [2.05, 4.69) is 15.4 Å². The van der Waals surface area contributed by atoms with Gasteiger partial charge >= 0.3 is 12.1 Å². The first-order chi connectivity index (χ1) is 11.4. The third-order valence-corrected chi connectivity index (χ3v) is 2.96. The Hall–Kier alpha value is -2.61. The molecule has 0 aliphatic heterocycles. The van der Waals surface area contributed by atoms with Gasteiger partial charge in [0.05, 0.1) is 12.7 Å². The minimum Gasteiger partial charge on any atom is -0.465 e. The average molecular weight is 338 g/mol. The Kier molecular flexibility index (Phi) is 8.28. The summed E-state index contributed by atoms with van der Waals surface area (Å²) in [6.07, 6.45) is -2.02. The molecule has 0 aliphatic rings. The number of esters is 1. The van der Waals surface area contributed by atoms with Crippen molar-refractivity contribution in [2.75, 3.05) is 13.2 Å². The Bertz CT molecular complexity index is 547. The molecule has 0 heterocycles. The van der Waals surface area contributed by atoms with Gasteiger partial charge in [-0.25, -0.2) is 4.79 Å². The predicted octanol–water partition coefficient (Wildman–Crippen LogP) is 0.341. The Morgan fingerprint density at radius 3 is 2.42 bits per heavy atom. The molecule has 1 aromatic rings. The topological polar surface area (TPSA) is 114 Å². The molecule has 8 heteroatoms. The number of alkyl carbamates (subject to hydrolysis) is 1. The first kappa shape index (κ1) is 19.4. The monoisotopic (exact) mass is 338 g/mol. The largest absolute Gasteiger partial charge is 0.465 e. The highest BCUT2D eigenvalue weighted by Crippen LogP contribution is 2.01. The normalized spacial score (nSPS) is 12.6. The van der Waals surface area contributed by atoms with Gasteiger partial charge in [-0.1, -0.05) is 30.3 Å². The standard InChI is InChI=1S/C16H22N2O6/c1-3-23-13(20)9-17-15(21)14(11(2)19)18-16(22)24-10-12-7-5-4-6-8-12/h4-8,11,14,19H,3,9-10H2,1-2H3,(H,17,21)(H,18,22)/t11-,14-/m1/s1. The summed E-state index contributed by atoms with van der Waals surface area (Å²) in [4.78, 5) is 34.9. The highest BCUT2D eigenvalue weighted by molar-refractivity contribution is 5.88. The minimum absolute atomic E-state index is 0.0314. The number of aliphatic hydroxyl groups excluding tert-OH is 1. The number of carbonyl (C=O) groups is 3. The molecule has 0 saturated heterocycles. The lowest BCUT2D eigenvalue weighted by atomic mass is 10.1. The number of hydrogen-bond donors (Lipinski definition) is 3. The second-order valence-electron chi connectivity index (χ2n) is 4.95. The van der Waals surface area contributed by atoms with Crippen LogP contribution in [-0.4, -0.2) is 48.4 Å². The van der Waals surface area contributed by atoms with Crippen LogP contribution >= 0.6 is 0 Å². The molecule has 0 unspecified atom stereocenters. The molecular formula is C16H22N2O6. The molecule has 0 radical (unpaired) electrons. The van der Waals surface area contributed by atoms with Gasteiger partial charge in [-0.15, -0.1) is 0 Å². The van der Waals surface area contributed by atoms with Crippen molar-refractivity contribution in [1.29, 1.82) is 0 Å². The fourth-order valence-corrected chi connectivity index (χ4v) is 1.78. The Labute approximate surface area is 140 Å². The van der Waals surface area contributed by atoms with Crippen molar-refractivity contribution in [2.24, 2.45) is 0 Å². The van der Waals surface area contributed by atoms with E-state index in [1.165, 1.54) is 6.92 Å². The zero-order valence-electron chi connectivity index (χ0n) is 13.7. The molecule has 2 amide bonds. The number of amides is 2. The van der Waals surface area contributed by atoms with Gasteiger partial charge in [-0.2, -0.15) is 0 Å². The quantitative estimate of drug-likeness (QED) is 0.589. The number of rotatable bonds is 8. The van der Waals surface area contributed by atoms with E-state index in [0.29, 0.717) is 0 Å². The van der Waals surface area contributed by atoms with Crippen LogP contribution in [0.4, 0.5) is 4.79 Å². The molecule has 0 fully saturated rings. The summed E-state index contributed by atoms with van der Waals surface area (Å²) < 4.78 is 9.66. The highest BCUT2D eigenvalue weighted by Gasteiger charge is 2.26. The molecule has 2 atom stereocenters. The summed E-state index contributed by atoms with van der Waals surface area (Å²) in [5.74, 6) is -1.32. The molecule has 8 nitrogen and oxygen atoms in total. The molecular weight excluding hydrogens is 316 g/mol. The van der Waals surface area contributed by atoms with E-state index in [-0.39, 0.29) is 19.8 Å². The summed E-state index contributed by atoms with van der Waals surface area (Å²) in [5, 5.41) is 14.2. The van der Waals surface area contributed by atoms with Crippen molar-refractivity contribution in [2.45, 2.75) is 32.6 Å². The zero-order valence-corrected chi connectivity index (χ0v) is 13.7. The molecule has 1 rings (SSSR count). The first-order valence-corrected chi connectivity index (χ1v) is 7.52. The lowest BCUT2D eigenvalue weighted by Gasteiger charge is -2.20. The van der Waals surface area contributed by atoms with E-state index < -0.39 is 30.1 Å². The lowest BCUT2D eigenvalue weighted by Crippen LogP contribution is -2.53. The third kappa shape index (κ3) is 7.10. The maximum atomic E-state index is 12.0. The summed E-state index contributed by atoms with van der Waals surface area (Å²) in [5.41, 5.74) is 0.785. The van der Waals surface area contributed by atoms with Crippen LogP contribution in [0, 0.1) is 0 Å². The van der Waals surface area contributed by atoms with Crippen LogP contribution in [0.5, 0.6) is 0 Å². The van der Waals surface area contributed by atoms with Gasteiger partial charge in [0.1, 0.15) is 19.2 Å². The molecule has 3 N–H and O–H groups in total. The van der Waals surface area contributed by atoms with Gasteiger partial charge in [-0.3, -0.25) is 9.59 Å². The predicted molar refractivity (Wildman–Crippen MR) is 84.9 cm³/mol. The van der Waals surface area contributed by atoms with Crippen LogP contribution in [0.15, 0.2) is 30.3 Å². The van der Waals surface area contributed by atoms with Gasteiger partial charge in [-0.05, 0) is 19.4 Å². The Morgan fingerprint density at radius 2 is 1.83 bits per heavy atom. The second kappa shape index (κ2) is 10.2. The van der Waals surface area contributed by atoms with Crippen molar-refractivity contribution in [3.05, 3.63) is 35.9 Å². The van der Waals surface area contributed by atoms with Crippen LogP contribution in [0.1, 0.15) is 19.4 Å². The highest BCUT2D eigenvalue weighted by atomic mass is 16.5. The molecule has 0 bridgehead atoms. The molecule has 0 saturated carbocycles. The van der Waals surface area contributed by atoms with Crippen molar-refractivity contribution >= 4 is 18.0 Å². The number of ether oxygens (including phenoxy) is 2. The van der Waals surface area contributed by atoms with E-state index >= 15 is 0 Å². The molecule has 1 aromatic carbocycles. The average Bonchev–Trinajstić information content (AvgIpc) is 2.56. The van der Waals surface area contributed by atoms with E-state index in [4.69, 9.17) is 4.74 Å². The van der Waals surface area contributed by atoms with Gasteiger partial charge < -0.3 is 25.2 Å². The summed E-state index contributed by atoms with van der Waals surface area (Å²) in [7, 11) is 0. The minimum atomic E-state index is -1.25. The molecule has 0 spiro atoms. The van der Waals surface area contributed by atoms with Crippen LogP contribution in [0.2, 0.25) is 0 Å². The zero-order chi connectivity index (χ0) is 17.9. The number of hydrogen-bond acceptors (Lipinski definition) is 6. The number of aliphatic hydroxyl groups is 1. The fourth-order valence-electron chi connectivity index (χ4n) is 1.78. The molecule has 132 valence electrons.